The molecule has 0 atom stereocenters. The van der Waals surface area contributed by atoms with Gasteiger partial charge in [0.2, 0.25) is 0 Å². The number of aromatic amines is 1. The van der Waals surface area contributed by atoms with Crippen molar-refractivity contribution in [2.45, 2.75) is 44.8 Å². The number of imidazole rings is 1. The quantitative estimate of drug-likeness (QED) is 0.208. The molecule has 2 fully saturated rings. The molecule has 0 radical (unpaired) electrons. The molecule has 0 bridgehead atoms. The SMILES string of the molecule is CS(=O)(=O)CCN1CCN(Cc2ccc(-c3ccc(-c4c(F)cc5[nH]c(OC6CCC(CC(=O)O)CC6)nc5c4F)cc3)cc2)CC1. The van der Waals surface area contributed by atoms with E-state index < -0.39 is 27.4 Å². The molecule has 1 saturated carbocycles. The number of rotatable bonds is 11. The average Bonchev–Trinajstić information content (AvgIpc) is 3.44. The number of aliphatic carboxylic acids is 1. The van der Waals surface area contributed by atoms with Crippen LogP contribution in [-0.2, 0) is 21.2 Å². The minimum atomic E-state index is -2.96. The lowest BCUT2D eigenvalue weighted by molar-refractivity contribution is -0.138. The Balaban J connectivity index is 1.07. The number of H-pyrrole nitrogens is 1. The summed E-state index contributed by atoms with van der Waals surface area (Å²) in [7, 11) is -2.96. The zero-order valence-corrected chi connectivity index (χ0v) is 27.2. The van der Waals surface area contributed by atoms with E-state index >= 15 is 8.78 Å². The number of nitrogens with zero attached hydrogens (tertiary/aromatic N) is 3. The van der Waals surface area contributed by atoms with Gasteiger partial charge in [-0.1, -0.05) is 48.5 Å². The van der Waals surface area contributed by atoms with Gasteiger partial charge in [-0.25, -0.2) is 17.2 Å². The van der Waals surface area contributed by atoms with Gasteiger partial charge in [-0.2, -0.15) is 4.98 Å². The van der Waals surface area contributed by atoms with Gasteiger partial charge < -0.3 is 14.8 Å². The van der Waals surface area contributed by atoms with E-state index in [1.807, 2.05) is 24.3 Å². The number of hydrogen-bond donors (Lipinski definition) is 2. The lowest BCUT2D eigenvalue weighted by Crippen LogP contribution is -2.47. The third-order valence-electron chi connectivity index (χ3n) is 9.29. The van der Waals surface area contributed by atoms with Crippen LogP contribution in [-0.4, -0.2) is 90.1 Å². The summed E-state index contributed by atoms with van der Waals surface area (Å²) < 4.78 is 59.8. The molecule has 0 spiro atoms. The number of carboxylic acids is 1. The zero-order chi connectivity index (χ0) is 33.1. The van der Waals surface area contributed by atoms with Gasteiger partial charge >= 0.3 is 5.97 Å². The van der Waals surface area contributed by atoms with Gasteiger partial charge in [0.1, 0.15) is 27.3 Å². The van der Waals surface area contributed by atoms with Crippen molar-refractivity contribution in [3.63, 3.8) is 0 Å². The van der Waals surface area contributed by atoms with Crippen LogP contribution in [0.15, 0.2) is 54.6 Å². The van der Waals surface area contributed by atoms with Gasteiger partial charge in [0.15, 0.2) is 5.82 Å². The van der Waals surface area contributed by atoms with E-state index in [9.17, 15) is 13.2 Å². The second kappa shape index (κ2) is 14.1. The first-order valence-electron chi connectivity index (χ1n) is 16.1. The number of sulfone groups is 1. The maximum Gasteiger partial charge on any atom is 0.303 e. The Morgan fingerprint density at radius 1 is 0.936 bits per heavy atom. The molecule has 4 aromatic rings. The summed E-state index contributed by atoms with van der Waals surface area (Å²) in [6, 6.07) is 16.7. The van der Waals surface area contributed by atoms with Crippen molar-refractivity contribution in [2.24, 2.45) is 5.92 Å². The predicted molar refractivity (Wildman–Crippen MR) is 177 cm³/mol. The van der Waals surface area contributed by atoms with Crippen LogP contribution in [0.2, 0.25) is 0 Å². The average molecular weight is 667 g/mol. The number of fused-ring (bicyclic) bond motifs is 1. The molecule has 12 heteroatoms. The first kappa shape index (κ1) is 33.0. The van der Waals surface area contributed by atoms with Gasteiger partial charge in [-0.3, -0.25) is 14.6 Å². The minimum absolute atomic E-state index is 0.00551. The van der Waals surface area contributed by atoms with Gasteiger partial charge in [-0.05, 0) is 53.9 Å². The maximum atomic E-state index is 15.7. The normalized spacial score (nSPS) is 19.6. The molecule has 3 aromatic carbocycles. The van der Waals surface area contributed by atoms with Crippen LogP contribution in [0.3, 0.4) is 0 Å². The molecule has 2 aliphatic rings. The predicted octanol–water partition coefficient (Wildman–Crippen LogP) is 5.75. The molecule has 47 heavy (non-hydrogen) atoms. The molecule has 1 saturated heterocycles. The Bertz CT molecular complexity index is 1810. The van der Waals surface area contributed by atoms with Gasteiger partial charge in [-0.15, -0.1) is 0 Å². The smallest absolute Gasteiger partial charge is 0.303 e. The molecule has 1 aliphatic heterocycles. The summed E-state index contributed by atoms with van der Waals surface area (Å²) >= 11 is 0. The van der Waals surface area contributed by atoms with E-state index in [1.54, 1.807) is 12.1 Å². The molecule has 250 valence electrons. The summed E-state index contributed by atoms with van der Waals surface area (Å²) in [6.45, 7) is 4.86. The van der Waals surface area contributed by atoms with Crippen molar-refractivity contribution in [3.8, 4) is 28.3 Å². The number of ether oxygens (including phenoxy) is 1. The lowest BCUT2D eigenvalue weighted by Gasteiger charge is -2.34. The van der Waals surface area contributed by atoms with Gasteiger partial charge in [0, 0.05) is 58.0 Å². The monoisotopic (exact) mass is 666 g/mol. The highest BCUT2D eigenvalue weighted by atomic mass is 32.2. The van der Waals surface area contributed by atoms with Crippen molar-refractivity contribution in [3.05, 3.63) is 71.8 Å². The van der Waals surface area contributed by atoms with Crippen LogP contribution < -0.4 is 4.74 Å². The van der Waals surface area contributed by atoms with Crippen LogP contribution in [0.1, 0.15) is 37.7 Å². The van der Waals surface area contributed by atoms with Gasteiger partial charge in [0.25, 0.3) is 6.01 Å². The zero-order valence-electron chi connectivity index (χ0n) is 26.4. The largest absolute Gasteiger partial charge is 0.481 e. The third kappa shape index (κ3) is 8.35. The number of benzene rings is 3. The molecule has 1 aliphatic carbocycles. The summed E-state index contributed by atoms with van der Waals surface area (Å²) in [5, 5.41) is 9.03. The van der Waals surface area contributed by atoms with Crippen LogP contribution in [0, 0.1) is 17.6 Å². The Morgan fingerprint density at radius 3 is 2.15 bits per heavy atom. The van der Waals surface area contributed by atoms with E-state index in [-0.39, 0.29) is 46.8 Å². The Labute approximate surface area is 273 Å². The fourth-order valence-electron chi connectivity index (χ4n) is 6.59. The summed E-state index contributed by atoms with van der Waals surface area (Å²) in [4.78, 5) is 22.7. The molecule has 0 amide bonds. The second-order valence-electron chi connectivity index (χ2n) is 12.9. The molecule has 2 N–H and O–H groups in total. The number of carboxylic acid groups (broad SMARTS) is 1. The number of aromatic nitrogens is 2. The Hall–Kier alpha value is -3.87. The standard InChI is InChI=1S/C35H40F2N4O5S/c1-47(44,45)19-18-40-14-16-41(17-15-40)22-24-2-6-25(7-3-24)26-8-10-27(11-9-26)32-29(36)21-30-34(33(32)37)39-35(38-30)46-28-12-4-23(5-13-28)20-31(42)43/h2-3,6-11,21,23,28H,4-5,12-20,22H2,1H3,(H,38,39)(H,42,43). The molecule has 0 unspecified atom stereocenters. The number of halogens is 2. The fourth-order valence-corrected chi connectivity index (χ4v) is 7.18. The maximum absolute atomic E-state index is 15.7. The molecule has 9 nitrogen and oxygen atoms in total. The van der Waals surface area contributed by atoms with E-state index in [4.69, 9.17) is 9.84 Å². The second-order valence-corrected chi connectivity index (χ2v) is 15.1. The van der Waals surface area contributed by atoms with E-state index in [0.717, 1.165) is 56.7 Å². The van der Waals surface area contributed by atoms with E-state index in [1.165, 1.54) is 17.9 Å². The highest BCUT2D eigenvalue weighted by Crippen LogP contribution is 2.35. The van der Waals surface area contributed by atoms with Crippen molar-refractivity contribution in [1.82, 2.24) is 19.8 Å². The van der Waals surface area contributed by atoms with Crippen molar-refractivity contribution in [2.75, 3.05) is 44.7 Å². The molecule has 1 aromatic heterocycles. The Morgan fingerprint density at radius 2 is 1.53 bits per heavy atom. The van der Waals surface area contributed by atoms with Gasteiger partial charge in [0.05, 0.1) is 16.8 Å². The summed E-state index contributed by atoms with van der Waals surface area (Å²) in [5.41, 5.74) is 3.57. The number of carbonyl (C=O) groups is 1. The highest BCUT2D eigenvalue weighted by molar-refractivity contribution is 7.90. The topological polar surface area (TPSA) is 116 Å². The molecule has 2 heterocycles. The molecular weight excluding hydrogens is 626 g/mol. The summed E-state index contributed by atoms with van der Waals surface area (Å²) in [5.74, 6) is -1.94. The first-order chi connectivity index (χ1) is 22.5. The third-order valence-corrected chi connectivity index (χ3v) is 10.2. The Kier molecular flexibility index (Phi) is 9.90. The number of nitrogens with one attached hydrogen (secondary N) is 1. The highest BCUT2D eigenvalue weighted by Gasteiger charge is 2.26. The van der Waals surface area contributed by atoms with Crippen molar-refractivity contribution < 1.29 is 31.8 Å². The van der Waals surface area contributed by atoms with Crippen LogP contribution in [0.4, 0.5) is 8.78 Å². The minimum Gasteiger partial charge on any atom is -0.481 e. The fraction of sp³-hybridized carbons (Fsp3) is 0.429. The van der Waals surface area contributed by atoms with Crippen LogP contribution >= 0.6 is 0 Å². The number of hydrogen-bond acceptors (Lipinski definition) is 7. The van der Waals surface area contributed by atoms with Crippen LogP contribution in [0.5, 0.6) is 6.01 Å². The number of piperazine rings is 1. The molecule has 6 rings (SSSR count). The van der Waals surface area contributed by atoms with Crippen LogP contribution in [0.25, 0.3) is 33.3 Å². The summed E-state index contributed by atoms with van der Waals surface area (Å²) in [6.07, 6.45) is 4.09. The van der Waals surface area contributed by atoms with E-state index in [0.29, 0.717) is 24.9 Å². The molecular formula is C35H40F2N4O5S. The van der Waals surface area contributed by atoms with Crippen molar-refractivity contribution in [1.29, 1.82) is 0 Å². The first-order valence-corrected chi connectivity index (χ1v) is 18.1. The van der Waals surface area contributed by atoms with E-state index in [2.05, 4.69) is 31.9 Å². The lowest BCUT2D eigenvalue weighted by atomic mass is 9.85. The van der Waals surface area contributed by atoms with Crippen molar-refractivity contribution >= 4 is 26.8 Å².